The zero-order valence-corrected chi connectivity index (χ0v) is 10.3. The number of benzene rings is 1. The molecule has 0 radical (unpaired) electrons. The van der Waals surface area contributed by atoms with Gasteiger partial charge in [0.25, 0.3) is 0 Å². The van der Waals surface area contributed by atoms with Crippen LogP contribution in [-0.4, -0.2) is 19.7 Å². The molecule has 0 saturated heterocycles. The second kappa shape index (κ2) is 5.35. The van der Waals surface area contributed by atoms with Crippen LogP contribution in [0, 0.1) is 6.92 Å². The molecule has 0 heterocycles. The molecule has 0 amide bonds. The predicted molar refractivity (Wildman–Crippen MR) is 67.1 cm³/mol. The summed E-state index contributed by atoms with van der Waals surface area (Å²) in [5, 5.41) is 3.54. The number of hydrogen-bond acceptors (Lipinski definition) is 2. The molecule has 1 fully saturated rings. The van der Waals surface area contributed by atoms with Crippen LogP contribution in [0.4, 0.5) is 0 Å². The summed E-state index contributed by atoms with van der Waals surface area (Å²) in [4.78, 5) is 0. The smallest absolute Gasteiger partial charge is 0.121 e. The van der Waals surface area contributed by atoms with E-state index in [2.05, 4.69) is 30.4 Å². The first-order chi connectivity index (χ1) is 7.79. The molecule has 0 spiro atoms. The molecular formula is C14H21NO. The number of ether oxygens (including phenoxy) is 1. The van der Waals surface area contributed by atoms with Crippen molar-refractivity contribution in [3.8, 4) is 5.75 Å². The Morgan fingerprint density at radius 1 is 1.38 bits per heavy atom. The first-order valence-electron chi connectivity index (χ1n) is 6.16. The van der Waals surface area contributed by atoms with Crippen LogP contribution < -0.4 is 10.1 Å². The Morgan fingerprint density at radius 2 is 2.19 bits per heavy atom. The fourth-order valence-electron chi connectivity index (χ4n) is 1.98. The molecule has 0 bridgehead atoms. The van der Waals surface area contributed by atoms with Crippen LogP contribution in [0.2, 0.25) is 0 Å². The van der Waals surface area contributed by atoms with Crippen molar-refractivity contribution in [2.75, 3.05) is 13.7 Å². The van der Waals surface area contributed by atoms with Gasteiger partial charge < -0.3 is 10.1 Å². The summed E-state index contributed by atoms with van der Waals surface area (Å²) in [5.74, 6) is 0.986. The van der Waals surface area contributed by atoms with E-state index in [0.29, 0.717) is 0 Å². The lowest BCUT2D eigenvalue weighted by Crippen LogP contribution is -2.17. The van der Waals surface area contributed by atoms with E-state index in [1.807, 2.05) is 0 Å². The van der Waals surface area contributed by atoms with Gasteiger partial charge in [0, 0.05) is 6.04 Å². The van der Waals surface area contributed by atoms with Crippen LogP contribution in [0.3, 0.4) is 0 Å². The maximum Gasteiger partial charge on any atom is 0.121 e. The number of methoxy groups -OCH3 is 1. The minimum atomic E-state index is 0.831. The maximum absolute atomic E-state index is 5.25. The van der Waals surface area contributed by atoms with Gasteiger partial charge in [0.2, 0.25) is 0 Å². The Kier molecular flexibility index (Phi) is 3.83. The van der Waals surface area contributed by atoms with Crippen LogP contribution in [0.1, 0.15) is 30.4 Å². The molecule has 1 aromatic carbocycles. The van der Waals surface area contributed by atoms with Crippen molar-refractivity contribution >= 4 is 0 Å². The predicted octanol–water partition coefficient (Wildman–Crippen LogP) is 2.69. The quantitative estimate of drug-likeness (QED) is 0.743. The third kappa shape index (κ3) is 3.24. The van der Waals surface area contributed by atoms with Gasteiger partial charge in [-0.15, -0.1) is 0 Å². The number of aryl methyl sites for hydroxylation is 2. The van der Waals surface area contributed by atoms with Gasteiger partial charge in [-0.05, 0) is 56.3 Å². The van der Waals surface area contributed by atoms with Gasteiger partial charge >= 0.3 is 0 Å². The topological polar surface area (TPSA) is 21.3 Å². The van der Waals surface area contributed by atoms with E-state index in [0.717, 1.165) is 24.8 Å². The minimum Gasteiger partial charge on any atom is -0.496 e. The molecule has 0 aliphatic heterocycles. The van der Waals surface area contributed by atoms with E-state index in [4.69, 9.17) is 4.74 Å². The van der Waals surface area contributed by atoms with Gasteiger partial charge in [0.1, 0.15) is 5.75 Å². The third-order valence-electron chi connectivity index (χ3n) is 3.11. The first kappa shape index (κ1) is 11.5. The van der Waals surface area contributed by atoms with Crippen molar-refractivity contribution < 1.29 is 4.74 Å². The number of nitrogens with one attached hydrogen (secondary N) is 1. The lowest BCUT2D eigenvalue weighted by molar-refractivity contribution is 0.411. The van der Waals surface area contributed by atoms with E-state index in [1.54, 1.807) is 7.11 Å². The largest absolute Gasteiger partial charge is 0.496 e. The van der Waals surface area contributed by atoms with E-state index in [9.17, 15) is 0 Å². The molecule has 88 valence electrons. The van der Waals surface area contributed by atoms with Crippen molar-refractivity contribution in [3.05, 3.63) is 29.3 Å². The molecular weight excluding hydrogens is 198 g/mol. The molecule has 2 nitrogen and oxygen atoms in total. The summed E-state index contributed by atoms with van der Waals surface area (Å²) in [6.07, 6.45) is 5.14. The van der Waals surface area contributed by atoms with Gasteiger partial charge in [0.05, 0.1) is 7.11 Å². The standard InChI is InChI=1S/C14H21NO/c1-11-10-12(5-8-14(11)16-2)4-3-9-15-13-6-7-13/h5,8,10,13,15H,3-4,6-7,9H2,1-2H3. The van der Waals surface area contributed by atoms with E-state index in [-0.39, 0.29) is 0 Å². The van der Waals surface area contributed by atoms with Crippen LogP contribution in [0.5, 0.6) is 5.75 Å². The van der Waals surface area contributed by atoms with Gasteiger partial charge in [-0.2, -0.15) is 0 Å². The third-order valence-corrected chi connectivity index (χ3v) is 3.11. The van der Waals surface area contributed by atoms with Crippen molar-refractivity contribution in [2.45, 2.75) is 38.6 Å². The summed E-state index contributed by atoms with van der Waals surface area (Å²) < 4.78 is 5.25. The zero-order chi connectivity index (χ0) is 11.4. The molecule has 1 aromatic rings. The van der Waals surface area contributed by atoms with Crippen molar-refractivity contribution in [1.82, 2.24) is 5.32 Å². The van der Waals surface area contributed by atoms with E-state index >= 15 is 0 Å². The second-order valence-corrected chi connectivity index (χ2v) is 4.64. The summed E-state index contributed by atoms with van der Waals surface area (Å²) >= 11 is 0. The highest BCUT2D eigenvalue weighted by Gasteiger charge is 2.19. The van der Waals surface area contributed by atoms with Gasteiger partial charge in [-0.1, -0.05) is 12.1 Å². The van der Waals surface area contributed by atoms with Crippen molar-refractivity contribution in [2.24, 2.45) is 0 Å². The maximum atomic E-state index is 5.25. The molecule has 1 N–H and O–H groups in total. The lowest BCUT2D eigenvalue weighted by atomic mass is 10.1. The molecule has 0 unspecified atom stereocenters. The molecule has 0 atom stereocenters. The minimum absolute atomic E-state index is 0.831. The Hall–Kier alpha value is -1.02. The molecule has 2 heteroatoms. The number of hydrogen-bond donors (Lipinski definition) is 1. The molecule has 1 aliphatic rings. The van der Waals surface area contributed by atoms with Gasteiger partial charge in [0.15, 0.2) is 0 Å². The Balaban J connectivity index is 1.77. The van der Waals surface area contributed by atoms with Crippen molar-refractivity contribution in [3.63, 3.8) is 0 Å². The second-order valence-electron chi connectivity index (χ2n) is 4.64. The Morgan fingerprint density at radius 3 is 2.81 bits per heavy atom. The summed E-state index contributed by atoms with van der Waals surface area (Å²) in [6, 6.07) is 7.30. The van der Waals surface area contributed by atoms with Crippen LogP contribution in [0.15, 0.2) is 18.2 Å². The highest BCUT2D eigenvalue weighted by Crippen LogP contribution is 2.20. The lowest BCUT2D eigenvalue weighted by Gasteiger charge is -2.07. The normalized spacial score (nSPS) is 15.1. The highest BCUT2D eigenvalue weighted by atomic mass is 16.5. The van der Waals surface area contributed by atoms with Gasteiger partial charge in [-0.3, -0.25) is 0 Å². The monoisotopic (exact) mass is 219 g/mol. The van der Waals surface area contributed by atoms with E-state index in [1.165, 1.54) is 30.4 Å². The molecule has 16 heavy (non-hydrogen) atoms. The first-order valence-corrected chi connectivity index (χ1v) is 6.16. The van der Waals surface area contributed by atoms with Crippen molar-refractivity contribution in [1.29, 1.82) is 0 Å². The average molecular weight is 219 g/mol. The molecule has 1 saturated carbocycles. The number of rotatable bonds is 6. The summed E-state index contributed by atoms with van der Waals surface area (Å²) in [7, 11) is 1.72. The highest BCUT2D eigenvalue weighted by molar-refractivity contribution is 5.36. The Labute approximate surface area is 98.0 Å². The van der Waals surface area contributed by atoms with Crippen LogP contribution >= 0.6 is 0 Å². The molecule has 1 aliphatic carbocycles. The SMILES string of the molecule is COc1ccc(CCCNC2CC2)cc1C. The summed E-state index contributed by atoms with van der Waals surface area (Å²) in [6.45, 7) is 3.25. The van der Waals surface area contributed by atoms with Crippen LogP contribution in [0.25, 0.3) is 0 Å². The molecule has 0 aromatic heterocycles. The fraction of sp³-hybridized carbons (Fsp3) is 0.571. The van der Waals surface area contributed by atoms with Crippen LogP contribution in [-0.2, 0) is 6.42 Å². The Bertz CT molecular complexity index is 345. The summed E-state index contributed by atoms with van der Waals surface area (Å²) in [5.41, 5.74) is 2.64. The zero-order valence-electron chi connectivity index (χ0n) is 10.3. The van der Waals surface area contributed by atoms with Gasteiger partial charge in [-0.25, -0.2) is 0 Å². The fourth-order valence-corrected chi connectivity index (χ4v) is 1.98. The van der Waals surface area contributed by atoms with E-state index < -0.39 is 0 Å². The average Bonchev–Trinajstić information content (AvgIpc) is 3.08. The molecule has 2 rings (SSSR count).